The van der Waals surface area contributed by atoms with E-state index >= 15 is 0 Å². The van der Waals surface area contributed by atoms with Crippen molar-refractivity contribution < 1.29 is 19.1 Å². The largest absolute Gasteiger partial charge is 0.497 e. The average Bonchev–Trinajstić information content (AvgIpc) is 2.48. The third kappa shape index (κ3) is 5.32. The maximum Gasteiger partial charge on any atom is 0.413 e. The standard InChI is InChI=1S/C14H15N3O4/c1-3-21-14(19)17-13(18)10(8-15)9-16-11-4-6-12(20-2)7-5-11/h4-7,9-10H,3H2,1-2H3,(H,17,18,19). The fourth-order valence-electron chi connectivity index (χ4n) is 1.33. The number of alkyl carbamates (subject to hydrolysis) is 1. The van der Waals surface area contributed by atoms with Gasteiger partial charge in [0.2, 0.25) is 0 Å². The van der Waals surface area contributed by atoms with E-state index in [4.69, 9.17) is 10.00 Å². The Bertz CT molecular complexity index is 561. The number of carbonyl (C=O) groups is 2. The molecule has 7 heteroatoms. The van der Waals surface area contributed by atoms with Crippen LogP contribution in [-0.2, 0) is 9.53 Å². The minimum absolute atomic E-state index is 0.135. The normalized spacial score (nSPS) is 11.5. The lowest BCUT2D eigenvalue weighted by molar-refractivity contribution is -0.121. The highest BCUT2D eigenvalue weighted by Gasteiger charge is 2.18. The van der Waals surface area contributed by atoms with Crippen molar-refractivity contribution in [2.24, 2.45) is 10.9 Å². The third-order valence-electron chi connectivity index (χ3n) is 2.37. The molecule has 1 rings (SSSR count). The number of ether oxygens (including phenoxy) is 2. The Balaban J connectivity index is 2.68. The second-order valence-electron chi connectivity index (χ2n) is 3.79. The summed E-state index contributed by atoms with van der Waals surface area (Å²) in [6.07, 6.45) is 0.275. The van der Waals surface area contributed by atoms with Gasteiger partial charge in [0.25, 0.3) is 5.91 Å². The summed E-state index contributed by atoms with van der Waals surface area (Å²) in [5.74, 6) is -1.30. The Labute approximate surface area is 122 Å². The zero-order valence-electron chi connectivity index (χ0n) is 11.7. The number of benzene rings is 1. The molecule has 0 heterocycles. The molecule has 21 heavy (non-hydrogen) atoms. The number of nitriles is 1. The van der Waals surface area contributed by atoms with Crippen LogP contribution >= 0.6 is 0 Å². The van der Waals surface area contributed by atoms with E-state index in [-0.39, 0.29) is 6.61 Å². The van der Waals surface area contributed by atoms with Gasteiger partial charge in [-0.1, -0.05) is 0 Å². The smallest absolute Gasteiger partial charge is 0.413 e. The monoisotopic (exact) mass is 289 g/mol. The fourth-order valence-corrected chi connectivity index (χ4v) is 1.33. The van der Waals surface area contributed by atoms with Crippen molar-refractivity contribution in [1.82, 2.24) is 5.32 Å². The van der Waals surface area contributed by atoms with E-state index in [0.29, 0.717) is 11.4 Å². The van der Waals surface area contributed by atoms with Crippen LogP contribution in [0.25, 0.3) is 0 Å². The molecular formula is C14H15N3O4. The molecule has 7 nitrogen and oxygen atoms in total. The van der Waals surface area contributed by atoms with Crippen LogP contribution in [0.5, 0.6) is 5.75 Å². The Hall–Kier alpha value is -2.88. The molecule has 1 aromatic rings. The van der Waals surface area contributed by atoms with Gasteiger partial charge in [-0.15, -0.1) is 0 Å². The van der Waals surface area contributed by atoms with E-state index in [1.54, 1.807) is 44.4 Å². The Morgan fingerprint density at radius 1 is 1.43 bits per heavy atom. The Morgan fingerprint density at radius 3 is 2.62 bits per heavy atom. The van der Waals surface area contributed by atoms with Crippen molar-refractivity contribution in [3.63, 3.8) is 0 Å². The van der Waals surface area contributed by atoms with Crippen LogP contribution in [0.2, 0.25) is 0 Å². The molecule has 0 radical (unpaired) electrons. The van der Waals surface area contributed by atoms with Crippen molar-refractivity contribution in [1.29, 1.82) is 5.26 Å². The molecule has 1 atom stereocenters. The van der Waals surface area contributed by atoms with Gasteiger partial charge in [-0.25, -0.2) is 4.79 Å². The summed E-state index contributed by atoms with van der Waals surface area (Å²) in [7, 11) is 1.55. The van der Waals surface area contributed by atoms with Gasteiger partial charge >= 0.3 is 6.09 Å². The zero-order valence-corrected chi connectivity index (χ0v) is 11.7. The van der Waals surface area contributed by atoms with Crippen molar-refractivity contribution in [2.45, 2.75) is 6.92 Å². The predicted molar refractivity (Wildman–Crippen MR) is 75.4 cm³/mol. The summed E-state index contributed by atoms with van der Waals surface area (Å²) < 4.78 is 9.56. The first-order valence-corrected chi connectivity index (χ1v) is 6.16. The highest BCUT2D eigenvalue weighted by atomic mass is 16.5. The SMILES string of the molecule is CCOC(=O)NC(=O)C(C#N)C=Nc1ccc(OC)cc1. The first-order chi connectivity index (χ1) is 10.1. The molecule has 0 aromatic heterocycles. The van der Waals surface area contributed by atoms with Crippen LogP contribution in [0.4, 0.5) is 10.5 Å². The molecular weight excluding hydrogens is 274 g/mol. The Morgan fingerprint density at radius 2 is 2.10 bits per heavy atom. The number of carbonyl (C=O) groups excluding carboxylic acids is 2. The van der Waals surface area contributed by atoms with Gasteiger partial charge in [-0.2, -0.15) is 5.26 Å². The molecule has 110 valence electrons. The highest BCUT2D eigenvalue weighted by molar-refractivity contribution is 6.03. The lowest BCUT2D eigenvalue weighted by atomic mass is 10.2. The van der Waals surface area contributed by atoms with Crippen LogP contribution in [-0.4, -0.2) is 31.9 Å². The minimum atomic E-state index is -1.18. The first kappa shape index (κ1) is 16.2. The van der Waals surface area contributed by atoms with E-state index < -0.39 is 17.9 Å². The molecule has 1 unspecified atom stereocenters. The molecule has 0 fully saturated rings. The average molecular weight is 289 g/mol. The van der Waals surface area contributed by atoms with Crippen molar-refractivity contribution in [2.75, 3.05) is 13.7 Å². The number of aliphatic imine (C=N–C) groups is 1. The van der Waals surface area contributed by atoms with Gasteiger partial charge < -0.3 is 9.47 Å². The molecule has 0 spiro atoms. The molecule has 0 bridgehead atoms. The summed E-state index contributed by atoms with van der Waals surface area (Å²) in [6, 6.07) is 8.50. The number of methoxy groups -OCH3 is 1. The number of amides is 2. The van der Waals surface area contributed by atoms with Gasteiger partial charge in [0.05, 0.1) is 25.5 Å². The molecule has 0 aliphatic carbocycles. The van der Waals surface area contributed by atoms with E-state index in [9.17, 15) is 9.59 Å². The van der Waals surface area contributed by atoms with E-state index in [1.165, 1.54) is 0 Å². The Kier molecular flexibility index (Phi) is 6.41. The van der Waals surface area contributed by atoms with Crippen LogP contribution in [0.3, 0.4) is 0 Å². The van der Waals surface area contributed by atoms with E-state index in [1.807, 2.05) is 5.32 Å². The zero-order chi connectivity index (χ0) is 15.7. The van der Waals surface area contributed by atoms with Gasteiger partial charge in [0, 0.05) is 6.21 Å². The van der Waals surface area contributed by atoms with Crippen LogP contribution in [0.1, 0.15) is 6.92 Å². The van der Waals surface area contributed by atoms with Gasteiger partial charge in [-0.3, -0.25) is 15.1 Å². The van der Waals surface area contributed by atoms with Gasteiger partial charge in [0.1, 0.15) is 5.75 Å². The quantitative estimate of drug-likeness (QED) is 0.833. The molecule has 0 aliphatic heterocycles. The molecule has 2 amide bonds. The number of nitrogens with zero attached hydrogens (tertiary/aromatic N) is 2. The van der Waals surface area contributed by atoms with E-state index in [2.05, 4.69) is 9.73 Å². The lowest BCUT2D eigenvalue weighted by Gasteiger charge is -2.05. The second-order valence-corrected chi connectivity index (χ2v) is 3.79. The predicted octanol–water partition coefficient (Wildman–Crippen LogP) is 1.81. The molecule has 1 aromatic carbocycles. The summed E-state index contributed by atoms with van der Waals surface area (Å²) in [5, 5.41) is 10.9. The number of hydrogen-bond donors (Lipinski definition) is 1. The topological polar surface area (TPSA) is 101 Å². The number of rotatable bonds is 5. The van der Waals surface area contributed by atoms with Crippen LogP contribution in [0.15, 0.2) is 29.3 Å². The number of hydrogen-bond acceptors (Lipinski definition) is 6. The minimum Gasteiger partial charge on any atom is -0.497 e. The van der Waals surface area contributed by atoms with E-state index in [0.717, 1.165) is 6.21 Å². The summed E-state index contributed by atoms with van der Waals surface area (Å²) >= 11 is 0. The van der Waals surface area contributed by atoms with Crippen molar-refractivity contribution in [3.05, 3.63) is 24.3 Å². The second kappa shape index (κ2) is 8.32. The summed E-state index contributed by atoms with van der Waals surface area (Å²) in [6.45, 7) is 1.74. The number of nitrogens with one attached hydrogen (secondary N) is 1. The van der Waals surface area contributed by atoms with Gasteiger partial charge in [0.15, 0.2) is 5.92 Å². The number of imide groups is 1. The molecule has 1 N–H and O–H groups in total. The summed E-state index contributed by atoms with van der Waals surface area (Å²) in [5.41, 5.74) is 0.556. The lowest BCUT2D eigenvalue weighted by Crippen LogP contribution is -2.36. The highest BCUT2D eigenvalue weighted by Crippen LogP contribution is 2.17. The fraction of sp³-hybridized carbons (Fsp3) is 0.286. The molecule has 0 aliphatic rings. The molecule has 0 saturated carbocycles. The van der Waals surface area contributed by atoms with Gasteiger partial charge in [-0.05, 0) is 31.2 Å². The van der Waals surface area contributed by atoms with Crippen molar-refractivity contribution >= 4 is 23.9 Å². The van der Waals surface area contributed by atoms with Crippen LogP contribution in [0, 0.1) is 17.2 Å². The maximum absolute atomic E-state index is 11.6. The molecule has 0 saturated heterocycles. The first-order valence-electron chi connectivity index (χ1n) is 6.16. The maximum atomic E-state index is 11.6. The third-order valence-corrected chi connectivity index (χ3v) is 2.37. The van der Waals surface area contributed by atoms with Crippen molar-refractivity contribution in [3.8, 4) is 11.8 Å². The van der Waals surface area contributed by atoms with Crippen LogP contribution < -0.4 is 10.1 Å². The summed E-state index contributed by atoms with van der Waals surface area (Å²) in [4.78, 5) is 26.7.